The van der Waals surface area contributed by atoms with Crippen LogP contribution in [-0.4, -0.2) is 31.1 Å². The Balaban J connectivity index is 0.00000113. The van der Waals surface area contributed by atoms with Gasteiger partial charge in [-0.3, -0.25) is 4.90 Å². The van der Waals surface area contributed by atoms with Crippen LogP contribution in [0.4, 0.5) is 0 Å². The zero-order valence-corrected chi connectivity index (χ0v) is 15.7. The molecule has 132 valence electrons. The first-order valence-electron chi connectivity index (χ1n) is 8.39. The quantitative estimate of drug-likeness (QED) is 0.752. The Bertz CT molecular complexity index is 764. The lowest BCUT2D eigenvalue weighted by Gasteiger charge is -2.34. The molecule has 25 heavy (non-hydrogen) atoms. The number of benzene rings is 2. The first-order valence-corrected chi connectivity index (χ1v) is 8.39. The first-order chi connectivity index (χ1) is 11.4. The van der Waals surface area contributed by atoms with Gasteiger partial charge >= 0.3 is 0 Å². The van der Waals surface area contributed by atoms with Gasteiger partial charge in [0, 0.05) is 32.2 Å². The van der Waals surface area contributed by atoms with Crippen molar-refractivity contribution in [3.63, 3.8) is 0 Å². The number of nitrogens with one attached hydrogen (secondary N) is 1. The molecule has 5 heteroatoms. The van der Waals surface area contributed by atoms with E-state index in [4.69, 9.17) is 0 Å². The molecule has 3 nitrogen and oxygen atoms in total. The lowest BCUT2D eigenvalue weighted by molar-refractivity contribution is 0.175. The van der Waals surface area contributed by atoms with Gasteiger partial charge in [-0.1, -0.05) is 42.5 Å². The minimum Gasteiger partial charge on any atom is -0.314 e. The summed E-state index contributed by atoms with van der Waals surface area (Å²) in [5, 5.41) is 12.7. The smallest absolute Gasteiger partial charge is 0.0641 e. The van der Waals surface area contributed by atoms with E-state index in [9.17, 15) is 5.26 Å². The summed E-state index contributed by atoms with van der Waals surface area (Å²) in [6.07, 6.45) is 1.58. The zero-order valence-electron chi connectivity index (χ0n) is 14.1. The minimum atomic E-state index is 0. The van der Waals surface area contributed by atoms with Crippen LogP contribution >= 0.6 is 24.8 Å². The number of fused-ring (bicyclic) bond motifs is 3. The molecular weight excluding hydrogens is 353 g/mol. The number of halogens is 2. The highest BCUT2D eigenvalue weighted by Gasteiger charge is 2.24. The van der Waals surface area contributed by atoms with Crippen LogP contribution in [0.15, 0.2) is 42.5 Å². The van der Waals surface area contributed by atoms with Gasteiger partial charge < -0.3 is 5.32 Å². The second-order valence-corrected chi connectivity index (χ2v) is 6.41. The Morgan fingerprint density at radius 2 is 1.72 bits per heavy atom. The summed E-state index contributed by atoms with van der Waals surface area (Å²) in [5.74, 6) is 0. The molecule has 4 rings (SSSR count). The van der Waals surface area contributed by atoms with Crippen molar-refractivity contribution >= 4 is 24.8 Å². The number of nitriles is 1. The monoisotopic (exact) mass is 375 g/mol. The number of piperazine rings is 1. The molecule has 2 aromatic rings. The number of hydrogen-bond donors (Lipinski definition) is 1. The normalized spacial score (nSPS) is 16.6. The molecule has 1 atom stereocenters. The molecule has 1 fully saturated rings. The predicted octanol–water partition coefficient (Wildman–Crippen LogP) is 3.96. The topological polar surface area (TPSA) is 39.1 Å². The fourth-order valence-corrected chi connectivity index (χ4v) is 3.91. The van der Waals surface area contributed by atoms with E-state index in [1.807, 2.05) is 0 Å². The number of rotatable bonds is 3. The van der Waals surface area contributed by atoms with Crippen LogP contribution in [0, 0.1) is 11.3 Å². The SMILES string of the molecule is Cl.Cl.N#CC[C@H](c1ccc2c(c1)Cc1ccccc1-2)N1CCNCC1. The molecule has 0 spiro atoms. The Labute approximate surface area is 161 Å². The maximum atomic E-state index is 9.27. The van der Waals surface area contributed by atoms with Crippen molar-refractivity contribution in [2.75, 3.05) is 26.2 Å². The van der Waals surface area contributed by atoms with Crippen LogP contribution in [-0.2, 0) is 6.42 Å². The molecule has 2 aromatic carbocycles. The van der Waals surface area contributed by atoms with E-state index in [2.05, 4.69) is 58.8 Å². The maximum absolute atomic E-state index is 9.27. The summed E-state index contributed by atoms with van der Waals surface area (Å²) < 4.78 is 0. The number of hydrogen-bond acceptors (Lipinski definition) is 3. The third kappa shape index (κ3) is 3.83. The molecule has 1 aliphatic heterocycles. The van der Waals surface area contributed by atoms with E-state index < -0.39 is 0 Å². The van der Waals surface area contributed by atoms with Crippen LogP contribution in [0.2, 0.25) is 0 Å². The minimum absolute atomic E-state index is 0. The molecule has 1 saturated heterocycles. The highest BCUT2D eigenvalue weighted by Crippen LogP contribution is 2.38. The van der Waals surface area contributed by atoms with Crippen molar-refractivity contribution in [1.29, 1.82) is 5.26 Å². The lowest BCUT2D eigenvalue weighted by Crippen LogP contribution is -2.45. The van der Waals surface area contributed by atoms with Gasteiger partial charge in [0.15, 0.2) is 0 Å². The lowest BCUT2D eigenvalue weighted by atomic mass is 9.96. The van der Waals surface area contributed by atoms with Crippen LogP contribution in [0.5, 0.6) is 0 Å². The van der Waals surface area contributed by atoms with Crippen LogP contribution < -0.4 is 5.32 Å². The maximum Gasteiger partial charge on any atom is 0.0641 e. The second-order valence-electron chi connectivity index (χ2n) is 6.41. The van der Waals surface area contributed by atoms with Crippen molar-refractivity contribution in [3.8, 4) is 17.2 Å². The Morgan fingerprint density at radius 1 is 1.00 bits per heavy atom. The zero-order chi connectivity index (χ0) is 15.6. The van der Waals surface area contributed by atoms with Crippen molar-refractivity contribution in [3.05, 3.63) is 59.2 Å². The number of nitrogens with zero attached hydrogens (tertiary/aromatic N) is 2. The van der Waals surface area contributed by atoms with Crippen LogP contribution in [0.25, 0.3) is 11.1 Å². The fraction of sp³-hybridized carbons (Fsp3) is 0.350. The molecule has 0 bridgehead atoms. The second kappa shape index (κ2) is 8.69. The first kappa shape index (κ1) is 19.8. The fourth-order valence-electron chi connectivity index (χ4n) is 3.91. The summed E-state index contributed by atoms with van der Waals surface area (Å²) >= 11 is 0. The van der Waals surface area contributed by atoms with E-state index in [1.165, 1.54) is 27.8 Å². The average molecular weight is 376 g/mol. The molecule has 0 unspecified atom stereocenters. The van der Waals surface area contributed by atoms with E-state index in [1.54, 1.807) is 0 Å². The summed E-state index contributed by atoms with van der Waals surface area (Å²) in [5.41, 5.74) is 6.84. The van der Waals surface area contributed by atoms with Gasteiger partial charge in [-0.25, -0.2) is 0 Å². The van der Waals surface area contributed by atoms with Crippen LogP contribution in [0.1, 0.15) is 29.2 Å². The van der Waals surface area contributed by atoms with Gasteiger partial charge in [0.25, 0.3) is 0 Å². The Morgan fingerprint density at radius 3 is 2.48 bits per heavy atom. The van der Waals surface area contributed by atoms with Gasteiger partial charge in [-0.05, 0) is 34.2 Å². The van der Waals surface area contributed by atoms with Gasteiger partial charge in [0.05, 0.1) is 12.5 Å². The standard InChI is InChI=1S/C20H21N3.2ClH/c21-8-7-20(23-11-9-22-10-12-23)16-5-6-19-17(14-16)13-15-3-1-2-4-18(15)19;;/h1-6,14,20,22H,7,9-13H2;2*1H/t20-;;/m1../s1. The van der Waals surface area contributed by atoms with Crippen molar-refractivity contribution in [2.45, 2.75) is 18.9 Å². The molecule has 0 radical (unpaired) electrons. The third-order valence-electron chi connectivity index (χ3n) is 5.08. The van der Waals surface area contributed by atoms with Gasteiger partial charge in [0.2, 0.25) is 0 Å². The molecule has 1 aliphatic carbocycles. The van der Waals surface area contributed by atoms with E-state index in [0.29, 0.717) is 6.42 Å². The molecule has 1 heterocycles. The van der Waals surface area contributed by atoms with Crippen molar-refractivity contribution in [2.24, 2.45) is 0 Å². The molecule has 0 saturated carbocycles. The molecule has 1 N–H and O–H groups in total. The Kier molecular flexibility index (Phi) is 6.87. The summed E-state index contributed by atoms with van der Waals surface area (Å²) in [6, 6.07) is 18.1. The van der Waals surface area contributed by atoms with Crippen molar-refractivity contribution < 1.29 is 0 Å². The van der Waals surface area contributed by atoms with Crippen LogP contribution in [0.3, 0.4) is 0 Å². The van der Waals surface area contributed by atoms with E-state index in [0.717, 1.165) is 32.6 Å². The summed E-state index contributed by atoms with van der Waals surface area (Å²) in [4.78, 5) is 2.45. The largest absolute Gasteiger partial charge is 0.314 e. The summed E-state index contributed by atoms with van der Waals surface area (Å²) in [6.45, 7) is 4.06. The molecular formula is C20H23Cl2N3. The summed E-state index contributed by atoms with van der Waals surface area (Å²) in [7, 11) is 0. The molecule has 2 aliphatic rings. The van der Waals surface area contributed by atoms with Gasteiger partial charge in [0.1, 0.15) is 0 Å². The molecule has 0 amide bonds. The van der Waals surface area contributed by atoms with Gasteiger partial charge in [-0.2, -0.15) is 5.26 Å². The van der Waals surface area contributed by atoms with Crippen molar-refractivity contribution in [1.82, 2.24) is 10.2 Å². The van der Waals surface area contributed by atoms with E-state index >= 15 is 0 Å². The predicted molar refractivity (Wildman–Crippen MR) is 107 cm³/mol. The highest BCUT2D eigenvalue weighted by atomic mass is 35.5. The Hall–Kier alpha value is -1.57. The van der Waals surface area contributed by atoms with Gasteiger partial charge in [-0.15, -0.1) is 24.8 Å². The third-order valence-corrected chi connectivity index (χ3v) is 5.08. The highest BCUT2D eigenvalue weighted by molar-refractivity contribution is 5.85. The molecule has 0 aromatic heterocycles. The average Bonchev–Trinajstić information content (AvgIpc) is 2.98. The van der Waals surface area contributed by atoms with E-state index in [-0.39, 0.29) is 30.9 Å².